The van der Waals surface area contributed by atoms with Crippen LogP contribution in [0.5, 0.6) is 0 Å². The molecule has 2 rings (SSSR count). The highest BCUT2D eigenvalue weighted by atomic mass is 35.5. The number of ether oxygens (including phenoxy) is 1. The van der Waals surface area contributed by atoms with E-state index in [1.165, 1.54) is 16.7 Å². The standard InChI is InChI=1S/C16H24ClNO/c1-12(2)16-13(3)10-14(11-15(16)17)4-5-18-6-8-19-9-7-18/h10-12H,4-9H2,1-3H3. The monoisotopic (exact) mass is 281 g/mol. The third kappa shape index (κ3) is 3.95. The van der Waals surface area contributed by atoms with Gasteiger partial charge in [-0.3, -0.25) is 4.90 Å². The second-order valence-corrected chi connectivity index (χ2v) is 6.07. The normalized spacial score (nSPS) is 17.1. The summed E-state index contributed by atoms with van der Waals surface area (Å²) >= 11 is 6.42. The summed E-state index contributed by atoms with van der Waals surface area (Å²) in [4.78, 5) is 2.46. The van der Waals surface area contributed by atoms with E-state index in [1.807, 2.05) is 0 Å². The molecule has 1 aliphatic heterocycles. The smallest absolute Gasteiger partial charge is 0.0594 e. The van der Waals surface area contributed by atoms with E-state index in [-0.39, 0.29) is 0 Å². The zero-order chi connectivity index (χ0) is 13.8. The average molecular weight is 282 g/mol. The first kappa shape index (κ1) is 14.8. The Morgan fingerprint density at radius 3 is 2.53 bits per heavy atom. The number of rotatable bonds is 4. The number of benzene rings is 1. The SMILES string of the molecule is Cc1cc(CCN2CCOCC2)cc(Cl)c1C(C)C. The van der Waals surface area contributed by atoms with Gasteiger partial charge in [-0.2, -0.15) is 0 Å². The Labute approximate surface area is 121 Å². The zero-order valence-corrected chi connectivity index (χ0v) is 13.0. The molecule has 19 heavy (non-hydrogen) atoms. The van der Waals surface area contributed by atoms with Gasteiger partial charge in [-0.25, -0.2) is 0 Å². The Morgan fingerprint density at radius 1 is 1.26 bits per heavy atom. The number of aryl methyl sites for hydroxylation is 1. The lowest BCUT2D eigenvalue weighted by Crippen LogP contribution is -2.37. The van der Waals surface area contributed by atoms with E-state index < -0.39 is 0 Å². The van der Waals surface area contributed by atoms with E-state index in [0.29, 0.717) is 5.92 Å². The Kier molecular flexibility index (Phi) is 5.26. The average Bonchev–Trinajstić information content (AvgIpc) is 2.36. The van der Waals surface area contributed by atoms with Crippen LogP contribution in [0.15, 0.2) is 12.1 Å². The summed E-state index contributed by atoms with van der Waals surface area (Å²) in [7, 11) is 0. The molecule has 2 nitrogen and oxygen atoms in total. The van der Waals surface area contributed by atoms with E-state index in [1.54, 1.807) is 0 Å². The first-order valence-electron chi connectivity index (χ1n) is 7.17. The maximum Gasteiger partial charge on any atom is 0.0594 e. The molecule has 0 atom stereocenters. The second kappa shape index (κ2) is 6.74. The van der Waals surface area contributed by atoms with Crippen molar-refractivity contribution in [1.82, 2.24) is 4.90 Å². The van der Waals surface area contributed by atoms with Crippen LogP contribution in [0.3, 0.4) is 0 Å². The quantitative estimate of drug-likeness (QED) is 0.835. The lowest BCUT2D eigenvalue weighted by molar-refractivity contribution is 0.0384. The molecule has 0 spiro atoms. The number of halogens is 1. The Morgan fingerprint density at radius 2 is 1.95 bits per heavy atom. The van der Waals surface area contributed by atoms with Gasteiger partial charge in [-0.1, -0.05) is 31.5 Å². The van der Waals surface area contributed by atoms with Crippen LogP contribution < -0.4 is 0 Å². The molecule has 1 heterocycles. The molecule has 1 aliphatic rings. The number of morpholine rings is 1. The van der Waals surface area contributed by atoms with Crippen molar-refractivity contribution in [2.24, 2.45) is 0 Å². The molecule has 1 aromatic rings. The van der Waals surface area contributed by atoms with Gasteiger partial charge in [0, 0.05) is 24.7 Å². The highest BCUT2D eigenvalue weighted by molar-refractivity contribution is 6.31. The number of hydrogen-bond acceptors (Lipinski definition) is 2. The molecule has 0 N–H and O–H groups in total. The molecule has 3 heteroatoms. The highest BCUT2D eigenvalue weighted by Crippen LogP contribution is 2.29. The van der Waals surface area contributed by atoms with Crippen molar-refractivity contribution in [3.05, 3.63) is 33.8 Å². The van der Waals surface area contributed by atoms with Crippen LogP contribution >= 0.6 is 11.6 Å². The summed E-state index contributed by atoms with van der Waals surface area (Å²) in [5.74, 6) is 0.487. The van der Waals surface area contributed by atoms with Gasteiger partial charge in [0.25, 0.3) is 0 Å². The van der Waals surface area contributed by atoms with E-state index in [2.05, 4.69) is 37.8 Å². The number of hydrogen-bond donors (Lipinski definition) is 0. The summed E-state index contributed by atoms with van der Waals surface area (Å²) < 4.78 is 5.37. The highest BCUT2D eigenvalue weighted by Gasteiger charge is 2.12. The fraction of sp³-hybridized carbons (Fsp3) is 0.625. The molecule has 1 fully saturated rings. The van der Waals surface area contributed by atoms with Crippen molar-refractivity contribution in [3.8, 4) is 0 Å². The Hall–Kier alpha value is -0.570. The van der Waals surface area contributed by atoms with Crippen LogP contribution in [-0.2, 0) is 11.2 Å². The third-order valence-electron chi connectivity index (χ3n) is 3.79. The van der Waals surface area contributed by atoms with Crippen molar-refractivity contribution in [2.75, 3.05) is 32.8 Å². The molecule has 106 valence electrons. The molecule has 0 unspecified atom stereocenters. The Balaban J connectivity index is 2.01. The molecule has 1 aromatic carbocycles. The first-order chi connectivity index (χ1) is 9.08. The molecule has 0 amide bonds. The first-order valence-corrected chi connectivity index (χ1v) is 7.54. The fourth-order valence-corrected chi connectivity index (χ4v) is 3.32. The molecule has 0 saturated carbocycles. The second-order valence-electron chi connectivity index (χ2n) is 5.67. The van der Waals surface area contributed by atoms with Crippen molar-refractivity contribution in [2.45, 2.75) is 33.1 Å². The van der Waals surface area contributed by atoms with Gasteiger partial charge >= 0.3 is 0 Å². The number of nitrogens with zero attached hydrogens (tertiary/aromatic N) is 1. The Bertz CT molecular complexity index is 402. The fourth-order valence-electron chi connectivity index (χ4n) is 2.81. The minimum absolute atomic E-state index is 0.487. The third-order valence-corrected chi connectivity index (χ3v) is 4.11. The zero-order valence-electron chi connectivity index (χ0n) is 12.2. The van der Waals surface area contributed by atoms with Crippen molar-refractivity contribution in [3.63, 3.8) is 0 Å². The molecular weight excluding hydrogens is 258 g/mol. The molecule has 0 aliphatic carbocycles. The van der Waals surface area contributed by atoms with Crippen LogP contribution in [-0.4, -0.2) is 37.7 Å². The van der Waals surface area contributed by atoms with E-state index in [0.717, 1.165) is 44.3 Å². The van der Waals surface area contributed by atoms with Gasteiger partial charge in [-0.05, 0) is 42.0 Å². The summed E-state index contributed by atoms with van der Waals surface area (Å²) in [5, 5.41) is 0.923. The van der Waals surface area contributed by atoms with E-state index >= 15 is 0 Å². The van der Waals surface area contributed by atoms with Gasteiger partial charge in [-0.15, -0.1) is 0 Å². The van der Waals surface area contributed by atoms with Gasteiger partial charge < -0.3 is 4.74 Å². The topological polar surface area (TPSA) is 12.5 Å². The van der Waals surface area contributed by atoms with E-state index in [4.69, 9.17) is 16.3 Å². The van der Waals surface area contributed by atoms with Crippen LogP contribution in [0.2, 0.25) is 5.02 Å². The summed E-state index contributed by atoms with van der Waals surface area (Å²) in [6, 6.07) is 4.44. The van der Waals surface area contributed by atoms with Gasteiger partial charge in [0.15, 0.2) is 0 Å². The van der Waals surface area contributed by atoms with Crippen molar-refractivity contribution < 1.29 is 4.74 Å². The van der Waals surface area contributed by atoms with Gasteiger partial charge in [0.05, 0.1) is 13.2 Å². The van der Waals surface area contributed by atoms with Crippen molar-refractivity contribution >= 4 is 11.6 Å². The lowest BCUT2D eigenvalue weighted by Gasteiger charge is -2.26. The van der Waals surface area contributed by atoms with Crippen LogP contribution in [0.1, 0.15) is 36.5 Å². The van der Waals surface area contributed by atoms with Crippen LogP contribution in [0.4, 0.5) is 0 Å². The van der Waals surface area contributed by atoms with Crippen LogP contribution in [0, 0.1) is 6.92 Å². The van der Waals surface area contributed by atoms with E-state index in [9.17, 15) is 0 Å². The summed E-state index contributed by atoms with van der Waals surface area (Å²) in [6.45, 7) is 11.5. The molecule has 0 bridgehead atoms. The largest absolute Gasteiger partial charge is 0.379 e. The molecule has 0 aromatic heterocycles. The van der Waals surface area contributed by atoms with Gasteiger partial charge in [0.1, 0.15) is 0 Å². The van der Waals surface area contributed by atoms with Crippen molar-refractivity contribution in [1.29, 1.82) is 0 Å². The maximum atomic E-state index is 6.42. The maximum absolute atomic E-state index is 6.42. The minimum atomic E-state index is 0.487. The molecule has 0 radical (unpaired) electrons. The predicted molar refractivity (Wildman–Crippen MR) is 81.2 cm³/mol. The molecular formula is C16H24ClNO. The summed E-state index contributed by atoms with van der Waals surface area (Å²) in [6.07, 6.45) is 1.07. The predicted octanol–water partition coefficient (Wildman–Crippen LogP) is 3.65. The summed E-state index contributed by atoms with van der Waals surface area (Å²) in [5.41, 5.74) is 3.95. The van der Waals surface area contributed by atoms with Gasteiger partial charge in [0.2, 0.25) is 0 Å². The minimum Gasteiger partial charge on any atom is -0.379 e. The molecule has 1 saturated heterocycles. The lowest BCUT2D eigenvalue weighted by atomic mass is 9.95. The van der Waals surface area contributed by atoms with Crippen LogP contribution in [0.25, 0.3) is 0 Å².